The van der Waals surface area contributed by atoms with Crippen molar-refractivity contribution in [2.75, 3.05) is 39.8 Å². The number of piperidine rings is 2. The largest absolute Gasteiger partial charge is 0.465 e. The van der Waals surface area contributed by atoms with Crippen molar-refractivity contribution in [2.24, 2.45) is 11.8 Å². The Morgan fingerprint density at radius 1 is 1.11 bits per heavy atom. The number of ketones is 1. The number of hydrogen-bond donors (Lipinski definition) is 2. The number of carbonyl (C=O) groups excluding carboxylic acids is 3. The molecule has 3 heterocycles. The number of rotatable bonds is 6. The summed E-state index contributed by atoms with van der Waals surface area (Å²) in [6, 6.07) is 5.21. The van der Waals surface area contributed by atoms with Gasteiger partial charge in [0.2, 0.25) is 11.8 Å². The van der Waals surface area contributed by atoms with Crippen LogP contribution in [0.25, 0.3) is 0 Å². The smallest absolute Gasteiger partial charge is 0.407 e. The first-order chi connectivity index (χ1) is 18.0. The second-order valence-corrected chi connectivity index (χ2v) is 11.8. The van der Waals surface area contributed by atoms with Gasteiger partial charge in [0, 0.05) is 64.1 Å². The average molecular weight is 568 g/mol. The van der Waals surface area contributed by atoms with Gasteiger partial charge in [-0.1, -0.05) is 29.3 Å². The number of likely N-dealkylation sites (N-methyl/N-ethyl adjacent to an activating group) is 1. The minimum atomic E-state index is -1.30. The maximum atomic E-state index is 14.2. The lowest BCUT2D eigenvalue weighted by atomic mass is 9.72. The normalized spacial score (nSPS) is 26.6. The molecule has 4 rings (SSSR count). The Bertz CT molecular complexity index is 1110. The fraction of sp³-hybridized carbons (Fsp3) is 0.630. The van der Waals surface area contributed by atoms with Gasteiger partial charge in [-0.2, -0.15) is 0 Å². The molecule has 0 aromatic heterocycles. The Morgan fingerprint density at radius 2 is 1.79 bits per heavy atom. The molecule has 0 bridgehead atoms. The van der Waals surface area contributed by atoms with Crippen molar-refractivity contribution in [3.05, 3.63) is 33.8 Å². The predicted molar refractivity (Wildman–Crippen MR) is 144 cm³/mol. The minimum absolute atomic E-state index is 0.0302. The molecule has 1 unspecified atom stereocenters. The van der Waals surface area contributed by atoms with Crippen molar-refractivity contribution in [2.45, 2.75) is 57.0 Å². The van der Waals surface area contributed by atoms with Crippen LogP contribution in [0.2, 0.25) is 10.0 Å². The zero-order valence-corrected chi connectivity index (χ0v) is 23.6. The highest BCUT2D eigenvalue weighted by atomic mass is 35.5. The molecular formula is C27H36Cl2N4O5. The lowest BCUT2D eigenvalue weighted by Crippen LogP contribution is -2.62. The van der Waals surface area contributed by atoms with Crippen LogP contribution in [0.4, 0.5) is 4.79 Å². The second kappa shape index (κ2) is 11.4. The van der Waals surface area contributed by atoms with E-state index in [-0.39, 0.29) is 42.0 Å². The number of carboxylic acid groups (broad SMARTS) is 1. The van der Waals surface area contributed by atoms with Gasteiger partial charge in [-0.3, -0.25) is 19.3 Å². The Balaban J connectivity index is 1.50. The van der Waals surface area contributed by atoms with Crippen LogP contribution in [-0.4, -0.2) is 94.8 Å². The third kappa shape index (κ3) is 5.25. The Labute approximate surface area is 233 Å². The van der Waals surface area contributed by atoms with Crippen LogP contribution in [-0.2, 0) is 14.4 Å². The van der Waals surface area contributed by atoms with Crippen LogP contribution >= 0.6 is 23.2 Å². The summed E-state index contributed by atoms with van der Waals surface area (Å²) in [4.78, 5) is 56.6. The molecule has 3 saturated heterocycles. The van der Waals surface area contributed by atoms with E-state index in [4.69, 9.17) is 23.2 Å². The van der Waals surface area contributed by atoms with E-state index in [1.807, 2.05) is 13.8 Å². The first-order valence-corrected chi connectivity index (χ1v) is 14.0. The number of hydrogen-bond acceptors (Lipinski definition) is 5. The van der Waals surface area contributed by atoms with E-state index in [2.05, 4.69) is 5.32 Å². The van der Waals surface area contributed by atoms with Crippen LogP contribution in [0.1, 0.15) is 51.0 Å². The summed E-state index contributed by atoms with van der Waals surface area (Å²) in [5.41, 5.74) is -0.554. The lowest BCUT2D eigenvalue weighted by Gasteiger charge is -2.44. The number of halogens is 2. The SMILES string of the molecule is CC(C)N1CC(C(=O)N2CCC(C(=O)[C@@]3(N(C)C(=O)O)CNC[C@H]3c3ccc(Cl)c(Cl)c3)CC2)CCC1=O. The molecule has 11 heteroatoms. The number of benzene rings is 1. The van der Waals surface area contributed by atoms with E-state index in [1.54, 1.807) is 28.0 Å². The standard InChI is InChI=1S/C27H36Cl2N4O5/c1-16(2)33-14-19(5-7-23(33)34)25(36)32-10-8-17(9-11-32)24(35)27(31(3)26(37)38)15-30-13-20(27)18-4-6-21(28)22(29)12-18/h4,6,12,16-17,19-20,30H,5,7-11,13-15H2,1-3H3,(H,37,38)/t19?,20-,27+/m0/s1. The van der Waals surface area contributed by atoms with Crippen molar-refractivity contribution in [3.8, 4) is 0 Å². The molecule has 3 amide bonds. The number of nitrogens with zero attached hydrogens (tertiary/aromatic N) is 3. The van der Waals surface area contributed by atoms with E-state index >= 15 is 0 Å². The maximum absolute atomic E-state index is 14.2. The van der Waals surface area contributed by atoms with Crippen LogP contribution in [0.15, 0.2) is 18.2 Å². The van der Waals surface area contributed by atoms with Gasteiger partial charge in [0.25, 0.3) is 0 Å². The molecule has 1 aromatic carbocycles. The molecule has 3 aliphatic rings. The molecule has 38 heavy (non-hydrogen) atoms. The number of nitrogens with one attached hydrogen (secondary N) is 1. The topological polar surface area (TPSA) is 110 Å². The van der Waals surface area contributed by atoms with Crippen molar-refractivity contribution < 1.29 is 24.3 Å². The molecule has 0 saturated carbocycles. The number of amides is 3. The zero-order valence-electron chi connectivity index (χ0n) is 22.1. The summed E-state index contributed by atoms with van der Waals surface area (Å²) in [5, 5.41) is 14.0. The molecule has 3 aliphatic heterocycles. The molecular weight excluding hydrogens is 531 g/mol. The van der Waals surface area contributed by atoms with Gasteiger partial charge in [0.15, 0.2) is 5.78 Å². The van der Waals surface area contributed by atoms with Crippen molar-refractivity contribution in [3.63, 3.8) is 0 Å². The Morgan fingerprint density at radius 3 is 2.39 bits per heavy atom. The van der Waals surface area contributed by atoms with E-state index in [9.17, 15) is 24.3 Å². The van der Waals surface area contributed by atoms with Gasteiger partial charge in [0.1, 0.15) is 5.54 Å². The van der Waals surface area contributed by atoms with Gasteiger partial charge >= 0.3 is 6.09 Å². The molecule has 3 atom stereocenters. The summed E-state index contributed by atoms with van der Waals surface area (Å²) >= 11 is 12.4. The summed E-state index contributed by atoms with van der Waals surface area (Å²) < 4.78 is 0. The van der Waals surface area contributed by atoms with Gasteiger partial charge in [-0.15, -0.1) is 0 Å². The third-order valence-corrected chi connectivity index (χ3v) is 9.31. The highest BCUT2D eigenvalue weighted by Crippen LogP contribution is 2.42. The van der Waals surface area contributed by atoms with E-state index in [0.717, 1.165) is 10.5 Å². The molecule has 208 valence electrons. The maximum Gasteiger partial charge on any atom is 0.407 e. The molecule has 1 aromatic rings. The van der Waals surface area contributed by atoms with E-state index in [0.29, 0.717) is 61.9 Å². The van der Waals surface area contributed by atoms with Crippen molar-refractivity contribution in [1.29, 1.82) is 0 Å². The first kappa shape index (κ1) is 28.6. The van der Waals surface area contributed by atoms with E-state index in [1.165, 1.54) is 7.05 Å². The molecule has 2 N–H and O–H groups in total. The fourth-order valence-electron chi connectivity index (χ4n) is 6.31. The minimum Gasteiger partial charge on any atom is -0.465 e. The van der Waals surface area contributed by atoms with Crippen LogP contribution in [0, 0.1) is 11.8 Å². The van der Waals surface area contributed by atoms with E-state index < -0.39 is 17.6 Å². The van der Waals surface area contributed by atoms with Gasteiger partial charge < -0.3 is 20.2 Å². The second-order valence-electron chi connectivity index (χ2n) is 11.0. The van der Waals surface area contributed by atoms with Crippen molar-refractivity contribution >= 4 is 46.9 Å². The summed E-state index contributed by atoms with van der Waals surface area (Å²) in [6.45, 7) is 5.81. The highest BCUT2D eigenvalue weighted by Gasteiger charge is 2.56. The van der Waals surface area contributed by atoms with Gasteiger partial charge in [0.05, 0.1) is 16.0 Å². The quantitative estimate of drug-likeness (QED) is 0.545. The van der Waals surface area contributed by atoms with Gasteiger partial charge in [-0.25, -0.2) is 4.79 Å². The molecule has 9 nitrogen and oxygen atoms in total. The predicted octanol–water partition coefficient (Wildman–Crippen LogP) is 3.48. The number of carbonyl (C=O) groups is 4. The molecule has 0 aliphatic carbocycles. The van der Waals surface area contributed by atoms with Crippen molar-refractivity contribution in [1.82, 2.24) is 20.0 Å². The van der Waals surface area contributed by atoms with Gasteiger partial charge in [-0.05, 0) is 50.8 Å². The number of likely N-dealkylation sites (tertiary alicyclic amines) is 2. The highest BCUT2D eigenvalue weighted by molar-refractivity contribution is 6.42. The van der Waals surface area contributed by atoms with Crippen LogP contribution < -0.4 is 5.32 Å². The Kier molecular flexibility index (Phi) is 8.59. The third-order valence-electron chi connectivity index (χ3n) is 8.57. The molecule has 0 radical (unpaired) electrons. The van der Waals surface area contributed by atoms with Crippen LogP contribution in [0.5, 0.6) is 0 Å². The average Bonchev–Trinajstić information content (AvgIpc) is 3.35. The molecule has 0 spiro atoms. The summed E-state index contributed by atoms with van der Waals surface area (Å²) in [7, 11) is 1.45. The fourth-order valence-corrected chi connectivity index (χ4v) is 6.62. The zero-order chi connectivity index (χ0) is 27.8. The number of Topliss-reactive ketones (excluding diaryl/α,β-unsaturated/α-hetero) is 1. The van der Waals surface area contributed by atoms with Crippen LogP contribution in [0.3, 0.4) is 0 Å². The lowest BCUT2D eigenvalue weighted by molar-refractivity contribution is -0.147. The monoisotopic (exact) mass is 566 g/mol. The summed E-state index contributed by atoms with van der Waals surface area (Å²) in [5.74, 6) is -1.07. The first-order valence-electron chi connectivity index (χ1n) is 13.2. The summed E-state index contributed by atoms with van der Waals surface area (Å²) in [6.07, 6.45) is 0.669. The Hall–Kier alpha value is -2.36. The molecule has 3 fully saturated rings.